The maximum atomic E-state index is 11.8. The van der Waals surface area contributed by atoms with Gasteiger partial charge in [0, 0.05) is 6.08 Å². The van der Waals surface area contributed by atoms with Crippen LogP contribution in [0, 0.1) is 6.92 Å². The van der Waals surface area contributed by atoms with E-state index in [1.54, 1.807) is 18.2 Å². The molecule has 0 saturated heterocycles. The third kappa shape index (κ3) is 4.86. The molecule has 0 fully saturated rings. The van der Waals surface area contributed by atoms with Gasteiger partial charge in [-0.15, -0.1) is 0 Å². The summed E-state index contributed by atoms with van der Waals surface area (Å²) < 4.78 is 10.7. The first kappa shape index (κ1) is 17.1. The van der Waals surface area contributed by atoms with Gasteiger partial charge in [-0.3, -0.25) is 0 Å². The molecule has 0 saturated carbocycles. The Balaban J connectivity index is 2.00. The number of methoxy groups -OCH3 is 1. The Bertz CT molecular complexity index is 738. The summed E-state index contributed by atoms with van der Waals surface area (Å²) >= 11 is 3.23. The van der Waals surface area contributed by atoms with E-state index < -0.39 is 5.97 Å². The molecule has 0 amide bonds. The van der Waals surface area contributed by atoms with Gasteiger partial charge in [-0.1, -0.05) is 29.8 Å². The molecule has 23 heavy (non-hydrogen) atoms. The van der Waals surface area contributed by atoms with E-state index in [0.717, 1.165) is 11.1 Å². The van der Waals surface area contributed by atoms with E-state index in [4.69, 9.17) is 9.47 Å². The van der Waals surface area contributed by atoms with Gasteiger partial charge in [0.25, 0.3) is 0 Å². The molecular formula is C18H17BrO4. The van der Waals surface area contributed by atoms with Crippen LogP contribution >= 0.6 is 15.9 Å². The monoisotopic (exact) mass is 376 g/mol. The first-order chi connectivity index (χ1) is 11.0. The number of benzene rings is 2. The minimum atomic E-state index is -0.435. The van der Waals surface area contributed by atoms with Crippen molar-refractivity contribution in [3.63, 3.8) is 0 Å². The number of rotatable bonds is 5. The molecule has 2 rings (SSSR count). The van der Waals surface area contributed by atoms with Crippen molar-refractivity contribution >= 4 is 28.0 Å². The van der Waals surface area contributed by atoms with Crippen molar-refractivity contribution in [2.75, 3.05) is 7.11 Å². The largest absolute Gasteiger partial charge is 0.503 e. The summed E-state index contributed by atoms with van der Waals surface area (Å²) in [4.78, 5) is 11.8. The first-order valence-corrected chi connectivity index (χ1v) is 7.76. The van der Waals surface area contributed by atoms with Crippen molar-refractivity contribution in [3.05, 3.63) is 63.6 Å². The predicted molar refractivity (Wildman–Crippen MR) is 92.4 cm³/mol. The van der Waals surface area contributed by atoms with E-state index in [1.165, 1.54) is 13.2 Å². The van der Waals surface area contributed by atoms with Gasteiger partial charge < -0.3 is 14.6 Å². The lowest BCUT2D eigenvalue weighted by atomic mass is 10.1. The molecule has 2 aromatic carbocycles. The molecule has 4 nitrogen and oxygen atoms in total. The number of carbonyl (C=O) groups excluding carboxylic acids is 1. The fourth-order valence-electron chi connectivity index (χ4n) is 2.01. The number of hydrogen-bond donors (Lipinski definition) is 1. The maximum Gasteiger partial charge on any atom is 0.331 e. The van der Waals surface area contributed by atoms with Crippen LogP contribution in [-0.4, -0.2) is 18.2 Å². The van der Waals surface area contributed by atoms with Crippen LogP contribution in [0.4, 0.5) is 0 Å². The zero-order chi connectivity index (χ0) is 16.8. The Labute approximate surface area is 143 Å². The highest BCUT2D eigenvalue weighted by Gasteiger charge is 2.07. The average molecular weight is 377 g/mol. The number of aromatic hydroxyl groups is 1. The van der Waals surface area contributed by atoms with Crippen LogP contribution in [-0.2, 0) is 16.1 Å². The van der Waals surface area contributed by atoms with Crippen LogP contribution in [0.25, 0.3) is 6.08 Å². The number of carbonyl (C=O) groups is 1. The van der Waals surface area contributed by atoms with Gasteiger partial charge in [0.1, 0.15) is 6.61 Å². The molecule has 0 aliphatic rings. The molecule has 120 valence electrons. The van der Waals surface area contributed by atoms with Crippen LogP contribution in [0.15, 0.2) is 46.9 Å². The topological polar surface area (TPSA) is 55.8 Å². The predicted octanol–water partition coefficient (Wildman–Crippen LogP) is 4.23. The van der Waals surface area contributed by atoms with Gasteiger partial charge in [0.05, 0.1) is 11.6 Å². The summed E-state index contributed by atoms with van der Waals surface area (Å²) in [5.41, 5.74) is 2.77. The second-order valence-corrected chi connectivity index (χ2v) is 5.84. The highest BCUT2D eigenvalue weighted by molar-refractivity contribution is 9.10. The van der Waals surface area contributed by atoms with Gasteiger partial charge in [0.2, 0.25) is 0 Å². The Hall–Kier alpha value is -2.27. The number of ether oxygens (including phenoxy) is 2. The second kappa shape index (κ2) is 7.83. The van der Waals surface area contributed by atoms with Crippen LogP contribution in [0.3, 0.4) is 0 Å². The number of phenolic OH excluding ortho intramolecular Hbond substituents is 1. The highest BCUT2D eigenvalue weighted by atomic mass is 79.9. The van der Waals surface area contributed by atoms with E-state index in [-0.39, 0.29) is 12.4 Å². The van der Waals surface area contributed by atoms with Crippen molar-refractivity contribution in [1.82, 2.24) is 0 Å². The normalized spacial score (nSPS) is 10.7. The van der Waals surface area contributed by atoms with Crippen LogP contribution in [0.5, 0.6) is 11.5 Å². The zero-order valence-corrected chi connectivity index (χ0v) is 14.5. The third-order valence-corrected chi connectivity index (χ3v) is 3.75. The van der Waals surface area contributed by atoms with E-state index in [9.17, 15) is 9.90 Å². The Morgan fingerprint density at radius 1 is 1.30 bits per heavy atom. The lowest BCUT2D eigenvalue weighted by Crippen LogP contribution is -2.00. The van der Waals surface area contributed by atoms with Crippen molar-refractivity contribution in [2.24, 2.45) is 0 Å². The second-order valence-electron chi connectivity index (χ2n) is 4.98. The Morgan fingerprint density at radius 3 is 2.78 bits per heavy atom. The number of phenols is 1. The summed E-state index contributed by atoms with van der Waals surface area (Å²) in [6, 6.07) is 11.1. The van der Waals surface area contributed by atoms with Crippen molar-refractivity contribution in [1.29, 1.82) is 0 Å². The van der Waals surface area contributed by atoms with E-state index in [1.807, 2.05) is 31.2 Å². The number of hydrogen-bond acceptors (Lipinski definition) is 4. The number of halogens is 1. The summed E-state index contributed by atoms with van der Waals surface area (Å²) in [6.07, 6.45) is 2.94. The van der Waals surface area contributed by atoms with Gasteiger partial charge in [-0.2, -0.15) is 0 Å². The SMILES string of the molecule is COc1cc(/C=C/C(=O)OCc2cccc(C)c2)cc(Br)c1O. The highest BCUT2D eigenvalue weighted by Crippen LogP contribution is 2.35. The lowest BCUT2D eigenvalue weighted by molar-refractivity contribution is -0.138. The van der Waals surface area contributed by atoms with E-state index in [2.05, 4.69) is 15.9 Å². The van der Waals surface area contributed by atoms with Gasteiger partial charge >= 0.3 is 5.97 Å². The first-order valence-electron chi connectivity index (χ1n) is 6.96. The number of esters is 1. The van der Waals surface area contributed by atoms with Crippen LogP contribution in [0.1, 0.15) is 16.7 Å². The molecule has 0 heterocycles. The van der Waals surface area contributed by atoms with Crippen molar-refractivity contribution < 1.29 is 19.4 Å². The fourth-order valence-corrected chi connectivity index (χ4v) is 2.47. The van der Waals surface area contributed by atoms with Gasteiger partial charge in [-0.25, -0.2) is 4.79 Å². The van der Waals surface area contributed by atoms with E-state index in [0.29, 0.717) is 15.8 Å². The van der Waals surface area contributed by atoms with Crippen molar-refractivity contribution in [2.45, 2.75) is 13.5 Å². The quantitative estimate of drug-likeness (QED) is 0.626. The summed E-state index contributed by atoms with van der Waals surface area (Å²) in [5, 5.41) is 9.74. The minimum absolute atomic E-state index is 0.0201. The molecule has 0 atom stereocenters. The molecule has 0 aliphatic carbocycles. The molecule has 0 radical (unpaired) electrons. The molecule has 0 unspecified atom stereocenters. The van der Waals surface area contributed by atoms with Crippen LogP contribution in [0.2, 0.25) is 0 Å². The molecular weight excluding hydrogens is 360 g/mol. The van der Waals surface area contributed by atoms with Gasteiger partial charge in [0.15, 0.2) is 11.5 Å². The summed E-state index contributed by atoms with van der Waals surface area (Å²) in [6.45, 7) is 2.22. The Kier molecular flexibility index (Phi) is 5.82. The zero-order valence-electron chi connectivity index (χ0n) is 12.9. The average Bonchev–Trinajstić information content (AvgIpc) is 2.54. The number of aryl methyl sites for hydroxylation is 1. The van der Waals surface area contributed by atoms with Gasteiger partial charge in [-0.05, 0) is 52.2 Å². The van der Waals surface area contributed by atoms with E-state index >= 15 is 0 Å². The lowest BCUT2D eigenvalue weighted by Gasteiger charge is -2.06. The standard InChI is InChI=1S/C18H17BrO4/c1-12-4-3-5-14(8-12)11-23-17(20)7-6-13-9-15(19)18(21)16(10-13)22-2/h3-10,21H,11H2,1-2H3/b7-6+. The minimum Gasteiger partial charge on any atom is -0.503 e. The van der Waals surface area contributed by atoms with Crippen LogP contribution < -0.4 is 4.74 Å². The molecule has 0 aromatic heterocycles. The van der Waals surface area contributed by atoms with Crippen molar-refractivity contribution in [3.8, 4) is 11.5 Å². The third-order valence-electron chi connectivity index (χ3n) is 3.15. The molecule has 1 N–H and O–H groups in total. The maximum absolute atomic E-state index is 11.8. The summed E-state index contributed by atoms with van der Waals surface area (Å²) in [7, 11) is 1.46. The molecule has 0 bridgehead atoms. The summed E-state index contributed by atoms with van der Waals surface area (Å²) in [5.74, 6) is -0.0894. The fraction of sp³-hybridized carbons (Fsp3) is 0.167. The molecule has 0 spiro atoms. The molecule has 5 heteroatoms. The molecule has 2 aromatic rings. The Morgan fingerprint density at radius 2 is 2.09 bits per heavy atom. The molecule has 0 aliphatic heterocycles. The smallest absolute Gasteiger partial charge is 0.331 e.